The fourth-order valence-corrected chi connectivity index (χ4v) is 5.60. The van der Waals surface area contributed by atoms with Gasteiger partial charge < -0.3 is 46.7 Å². The number of phenolic OH excluding ortho intramolecular Hbond substituents is 1. The number of H-pyrrole nitrogens is 1. The summed E-state index contributed by atoms with van der Waals surface area (Å²) in [5, 5.41) is 31.4. The first-order valence-corrected chi connectivity index (χ1v) is 16.5. The van der Waals surface area contributed by atoms with E-state index in [1.807, 2.05) is 0 Å². The van der Waals surface area contributed by atoms with Crippen LogP contribution in [0.1, 0.15) is 31.0 Å². The second kappa shape index (κ2) is 18.7. The number of benzene rings is 1. The van der Waals surface area contributed by atoms with Gasteiger partial charge in [0.25, 0.3) is 0 Å². The number of carbonyl (C=O) groups is 7. The highest BCUT2D eigenvalue weighted by Gasteiger charge is 2.39. The number of carbonyl (C=O) groups excluding carboxylic acids is 6. The minimum atomic E-state index is -1.28. The minimum absolute atomic E-state index is 0.0117. The van der Waals surface area contributed by atoms with Gasteiger partial charge in [0.15, 0.2) is 0 Å². The first-order chi connectivity index (χ1) is 23.3. The lowest BCUT2D eigenvalue weighted by molar-refractivity contribution is -0.144. The van der Waals surface area contributed by atoms with Crippen molar-refractivity contribution < 1.29 is 43.8 Å². The van der Waals surface area contributed by atoms with Gasteiger partial charge in [0.05, 0.1) is 12.9 Å². The summed E-state index contributed by atoms with van der Waals surface area (Å²) in [6.45, 7) is 0.830. The van der Waals surface area contributed by atoms with Gasteiger partial charge in [-0.1, -0.05) is 12.1 Å². The Labute approximate surface area is 292 Å². The molecule has 6 amide bonds. The third-order valence-corrected chi connectivity index (χ3v) is 8.29. The number of carboxylic acid groups (broad SMARTS) is 1. The average molecular weight is 721 g/mol. The molecule has 2 aromatic rings. The van der Waals surface area contributed by atoms with E-state index < -0.39 is 78.2 Å². The van der Waals surface area contributed by atoms with E-state index in [0.29, 0.717) is 17.7 Å². The lowest BCUT2D eigenvalue weighted by Crippen LogP contribution is -2.57. The SMILES string of the molecule is CC(=O)N[C@@H](Cc1cnc[nH]1)C(=O)N[C@@H](CS)C(=O)NCC(=O)N[C@@H](Cc1ccc(O)cc1)C(=O)N1CCC[C@H]1C(=O)N[C@@H](CS)C(=O)O. The zero-order valence-electron chi connectivity index (χ0n) is 26.5. The molecule has 0 unspecified atom stereocenters. The van der Waals surface area contributed by atoms with Gasteiger partial charge in [0, 0.05) is 49.7 Å². The number of hydrogen-bond acceptors (Lipinski definition) is 11. The van der Waals surface area contributed by atoms with Crippen LogP contribution in [0, 0.1) is 0 Å². The number of nitrogens with one attached hydrogen (secondary N) is 6. The minimum Gasteiger partial charge on any atom is -0.508 e. The highest BCUT2D eigenvalue weighted by molar-refractivity contribution is 7.80. The van der Waals surface area contributed by atoms with Crippen LogP contribution in [-0.4, -0.2) is 121 Å². The highest BCUT2D eigenvalue weighted by atomic mass is 32.1. The number of phenols is 1. The number of imidazole rings is 1. The van der Waals surface area contributed by atoms with Crippen molar-refractivity contribution in [2.45, 2.75) is 62.8 Å². The van der Waals surface area contributed by atoms with Crippen LogP contribution in [0.25, 0.3) is 0 Å². The number of likely N-dealkylation sites (tertiary alicyclic amines) is 1. The summed E-state index contributed by atoms with van der Waals surface area (Å²) in [7, 11) is 0. The van der Waals surface area contributed by atoms with Gasteiger partial charge in [0.2, 0.25) is 35.4 Å². The van der Waals surface area contributed by atoms with Gasteiger partial charge in [-0.2, -0.15) is 25.3 Å². The molecule has 17 nitrogen and oxygen atoms in total. The Kier molecular flexibility index (Phi) is 14.7. The highest BCUT2D eigenvalue weighted by Crippen LogP contribution is 2.21. The normalized spacial score (nSPS) is 16.4. The number of hydrogen-bond donors (Lipinski definition) is 10. The molecule has 1 aliphatic heterocycles. The molecule has 0 aliphatic carbocycles. The molecule has 266 valence electrons. The first-order valence-electron chi connectivity index (χ1n) is 15.3. The van der Waals surface area contributed by atoms with E-state index in [1.54, 1.807) is 12.1 Å². The molecule has 0 spiro atoms. The number of rotatable bonds is 17. The maximum Gasteiger partial charge on any atom is 0.327 e. The maximum atomic E-state index is 13.8. The summed E-state index contributed by atoms with van der Waals surface area (Å²) in [5.74, 6) is -5.52. The predicted octanol–water partition coefficient (Wildman–Crippen LogP) is -2.09. The number of nitrogens with zero attached hydrogens (tertiary/aromatic N) is 2. The summed E-state index contributed by atoms with van der Waals surface area (Å²) in [4.78, 5) is 96.9. The van der Waals surface area contributed by atoms with Crippen LogP contribution < -0.4 is 26.6 Å². The zero-order chi connectivity index (χ0) is 36.1. The zero-order valence-corrected chi connectivity index (χ0v) is 28.3. The second-order valence-electron chi connectivity index (χ2n) is 11.3. The molecule has 8 N–H and O–H groups in total. The first kappa shape index (κ1) is 38.7. The molecule has 0 radical (unpaired) electrons. The van der Waals surface area contributed by atoms with Crippen LogP contribution in [-0.2, 0) is 46.4 Å². The molecule has 1 fully saturated rings. The molecule has 1 saturated heterocycles. The Morgan fingerprint density at radius 3 is 2.20 bits per heavy atom. The van der Waals surface area contributed by atoms with E-state index >= 15 is 0 Å². The molecule has 1 aromatic carbocycles. The average Bonchev–Trinajstić information content (AvgIpc) is 3.77. The van der Waals surface area contributed by atoms with E-state index in [9.17, 15) is 43.8 Å². The van der Waals surface area contributed by atoms with Gasteiger partial charge in [-0.05, 0) is 30.5 Å². The van der Waals surface area contributed by atoms with E-state index in [2.05, 4.69) is 61.8 Å². The molecule has 0 bridgehead atoms. The lowest BCUT2D eigenvalue weighted by Gasteiger charge is -2.29. The van der Waals surface area contributed by atoms with Gasteiger partial charge in [-0.25, -0.2) is 9.78 Å². The fraction of sp³-hybridized carbons (Fsp3) is 0.467. The van der Waals surface area contributed by atoms with Crippen molar-refractivity contribution in [2.75, 3.05) is 24.6 Å². The summed E-state index contributed by atoms with van der Waals surface area (Å²) in [5.41, 5.74) is 1.14. The standard InChI is InChI=1S/C30H40N8O9S2/c1-16(39)34-20(10-18-11-31-15-33-18)27(43)36-22(13-48)26(42)32-12-25(41)35-21(9-17-4-6-19(40)7-5-17)29(45)38-8-2-3-24(38)28(44)37-23(14-49)30(46)47/h4-7,11,15,20-24,40,48-49H,2-3,8-10,12-14H2,1H3,(H,31,33)(H,32,42)(H,34,39)(H,35,41)(H,36,43)(H,37,44)(H,46,47)/t20-,21-,22-,23-,24-/m0/s1. The number of aromatic nitrogens is 2. The second-order valence-corrected chi connectivity index (χ2v) is 12.0. The van der Waals surface area contributed by atoms with Crippen LogP contribution in [0.5, 0.6) is 5.75 Å². The Morgan fingerprint density at radius 1 is 0.918 bits per heavy atom. The number of aliphatic carboxylic acids is 1. The van der Waals surface area contributed by atoms with E-state index in [-0.39, 0.29) is 43.1 Å². The Balaban J connectivity index is 1.67. The van der Waals surface area contributed by atoms with Crippen LogP contribution >= 0.6 is 25.3 Å². The summed E-state index contributed by atoms with van der Waals surface area (Å²) >= 11 is 8.10. The number of aromatic amines is 1. The molecule has 1 aliphatic rings. The third kappa shape index (κ3) is 11.7. The molecule has 2 heterocycles. The van der Waals surface area contributed by atoms with E-state index in [4.69, 9.17) is 0 Å². The van der Waals surface area contributed by atoms with Gasteiger partial charge >= 0.3 is 5.97 Å². The quantitative estimate of drug-likeness (QED) is 0.0798. The Bertz CT molecular complexity index is 1490. The molecule has 3 rings (SSSR count). The third-order valence-electron chi connectivity index (χ3n) is 7.56. The summed E-state index contributed by atoms with van der Waals surface area (Å²) in [6.07, 6.45) is 3.67. The van der Waals surface area contributed by atoms with Crippen LogP contribution in [0.15, 0.2) is 36.8 Å². The van der Waals surface area contributed by atoms with Crippen LogP contribution in [0.3, 0.4) is 0 Å². The summed E-state index contributed by atoms with van der Waals surface area (Å²) in [6, 6.07) is 0.260. The molecular formula is C30H40N8O9S2. The van der Waals surface area contributed by atoms with E-state index in [0.717, 1.165) is 0 Å². The monoisotopic (exact) mass is 720 g/mol. The number of aromatic hydroxyl groups is 1. The van der Waals surface area contributed by atoms with Crippen molar-refractivity contribution in [3.8, 4) is 5.75 Å². The number of amides is 6. The van der Waals surface area contributed by atoms with E-state index in [1.165, 1.54) is 36.5 Å². The molecule has 1 aromatic heterocycles. The van der Waals surface area contributed by atoms with Gasteiger partial charge in [-0.15, -0.1) is 0 Å². The smallest absolute Gasteiger partial charge is 0.327 e. The van der Waals surface area contributed by atoms with Crippen molar-refractivity contribution in [1.82, 2.24) is 41.5 Å². The Hall–Kier alpha value is -4.78. The van der Waals surface area contributed by atoms with Crippen molar-refractivity contribution in [3.63, 3.8) is 0 Å². The van der Waals surface area contributed by atoms with Crippen LogP contribution in [0.2, 0.25) is 0 Å². The van der Waals surface area contributed by atoms with Crippen molar-refractivity contribution in [1.29, 1.82) is 0 Å². The number of thiol groups is 2. The summed E-state index contributed by atoms with van der Waals surface area (Å²) < 4.78 is 0. The topological polar surface area (TPSA) is 252 Å². The van der Waals surface area contributed by atoms with Crippen LogP contribution in [0.4, 0.5) is 0 Å². The van der Waals surface area contributed by atoms with Crippen molar-refractivity contribution >= 4 is 66.7 Å². The largest absolute Gasteiger partial charge is 0.508 e. The van der Waals surface area contributed by atoms with Gasteiger partial charge in [-0.3, -0.25) is 28.8 Å². The molecule has 0 saturated carbocycles. The number of carboxylic acids is 1. The molecular weight excluding hydrogens is 681 g/mol. The maximum absolute atomic E-state index is 13.8. The fourth-order valence-electron chi connectivity index (χ4n) is 5.10. The van der Waals surface area contributed by atoms with Gasteiger partial charge in [0.1, 0.15) is 36.0 Å². The molecule has 5 atom stereocenters. The predicted molar refractivity (Wildman–Crippen MR) is 181 cm³/mol. The Morgan fingerprint density at radius 2 is 1.61 bits per heavy atom. The molecule has 49 heavy (non-hydrogen) atoms. The van der Waals surface area contributed by atoms with Crippen molar-refractivity contribution in [3.05, 3.63) is 48.0 Å². The van der Waals surface area contributed by atoms with Crippen molar-refractivity contribution in [2.24, 2.45) is 0 Å². The molecule has 19 heteroatoms. The lowest BCUT2D eigenvalue weighted by atomic mass is 10.0.